The van der Waals surface area contributed by atoms with Crippen molar-refractivity contribution in [3.8, 4) is 0 Å². The standard InChI is InChI=1S/C10H11N3O/c1-6-4-9-11-10(14)5-8(7-2-3-7)13(9)12-6/h4-5,7H,2-3H2,1H3,(H,11,14). The maximum absolute atomic E-state index is 11.3. The Kier molecular flexibility index (Phi) is 1.37. The Morgan fingerprint density at radius 1 is 1.50 bits per heavy atom. The van der Waals surface area contributed by atoms with Crippen LogP contribution in [0.2, 0.25) is 0 Å². The van der Waals surface area contributed by atoms with Crippen LogP contribution in [-0.4, -0.2) is 14.6 Å². The molecule has 0 bridgehead atoms. The monoisotopic (exact) mass is 189 g/mol. The summed E-state index contributed by atoms with van der Waals surface area (Å²) < 4.78 is 1.86. The van der Waals surface area contributed by atoms with Crippen molar-refractivity contribution in [3.63, 3.8) is 0 Å². The molecular formula is C10H11N3O. The Morgan fingerprint density at radius 2 is 2.29 bits per heavy atom. The molecule has 2 aromatic heterocycles. The smallest absolute Gasteiger partial charge is 0.251 e. The molecule has 72 valence electrons. The Labute approximate surface area is 80.6 Å². The van der Waals surface area contributed by atoms with Crippen LogP contribution >= 0.6 is 0 Å². The fraction of sp³-hybridized carbons (Fsp3) is 0.400. The Hall–Kier alpha value is -1.58. The average Bonchev–Trinajstić information content (AvgIpc) is 2.87. The normalized spacial score (nSPS) is 16.4. The summed E-state index contributed by atoms with van der Waals surface area (Å²) in [5.74, 6) is 0.541. The Bertz CT molecular complexity index is 548. The second-order valence-corrected chi connectivity index (χ2v) is 3.92. The molecule has 0 spiro atoms. The van der Waals surface area contributed by atoms with Gasteiger partial charge in [0.05, 0.1) is 11.4 Å². The van der Waals surface area contributed by atoms with E-state index >= 15 is 0 Å². The van der Waals surface area contributed by atoms with Crippen molar-refractivity contribution < 1.29 is 0 Å². The quantitative estimate of drug-likeness (QED) is 0.733. The summed E-state index contributed by atoms with van der Waals surface area (Å²) in [6.45, 7) is 1.93. The Balaban J connectivity index is 2.39. The van der Waals surface area contributed by atoms with E-state index in [9.17, 15) is 4.79 Å². The van der Waals surface area contributed by atoms with E-state index in [1.807, 2.05) is 17.5 Å². The second-order valence-electron chi connectivity index (χ2n) is 3.92. The van der Waals surface area contributed by atoms with E-state index in [-0.39, 0.29) is 5.56 Å². The average molecular weight is 189 g/mol. The van der Waals surface area contributed by atoms with Crippen LogP contribution in [0.25, 0.3) is 5.65 Å². The largest absolute Gasteiger partial charge is 0.307 e. The fourth-order valence-electron chi connectivity index (χ4n) is 1.81. The molecule has 4 heteroatoms. The molecule has 4 nitrogen and oxygen atoms in total. The van der Waals surface area contributed by atoms with E-state index in [1.165, 1.54) is 12.8 Å². The summed E-state index contributed by atoms with van der Waals surface area (Å²) in [6.07, 6.45) is 2.36. The van der Waals surface area contributed by atoms with Crippen molar-refractivity contribution in [2.45, 2.75) is 25.7 Å². The van der Waals surface area contributed by atoms with Gasteiger partial charge in [0.25, 0.3) is 5.56 Å². The first-order chi connectivity index (χ1) is 6.74. The van der Waals surface area contributed by atoms with E-state index in [2.05, 4.69) is 10.1 Å². The van der Waals surface area contributed by atoms with Crippen LogP contribution in [0.3, 0.4) is 0 Å². The molecule has 1 fully saturated rings. The molecule has 0 atom stereocenters. The second kappa shape index (κ2) is 2.47. The summed E-state index contributed by atoms with van der Waals surface area (Å²) in [5.41, 5.74) is 2.77. The highest BCUT2D eigenvalue weighted by atomic mass is 16.1. The zero-order valence-electron chi connectivity index (χ0n) is 7.95. The van der Waals surface area contributed by atoms with Gasteiger partial charge in [-0.3, -0.25) is 4.79 Å². The third-order valence-electron chi connectivity index (χ3n) is 2.60. The molecule has 0 saturated heterocycles. The number of rotatable bonds is 1. The van der Waals surface area contributed by atoms with Crippen molar-refractivity contribution in [1.82, 2.24) is 14.6 Å². The van der Waals surface area contributed by atoms with Gasteiger partial charge < -0.3 is 4.98 Å². The van der Waals surface area contributed by atoms with Gasteiger partial charge in [0.15, 0.2) is 0 Å². The Morgan fingerprint density at radius 3 is 3.00 bits per heavy atom. The third kappa shape index (κ3) is 1.07. The van der Waals surface area contributed by atoms with Gasteiger partial charge in [0.1, 0.15) is 5.65 Å². The van der Waals surface area contributed by atoms with Crippen molar-refractivity contribution >= 4 is 5.65 Å². The maximum Gasteiger partial charge on any atom is 0.251 e. The lowest BCUT2D eigenvalue weighted by Gasteiger charge is -2.00. The van der Waals surface area contributed by atoms with Crippen LogP contribution in [0, 0.1) is 6.92 Å². The number of hydrogen-bond donors (Lipinski definition) is 1. The minimum Gasteiger partial charge on any atom is -0.307 e. The number of aromatic nitrogens is 3. The minimum atomic E-state index is -0.0284. The lowest BCUT2D eigenvalue weighted by atomic mass is 10.3. The first-order valence-electron chi connectivity index (χ1n) is 4.83. The number of fused-ring (bicyclic) bond motifs is 1. The lowest BCUT2D eigenvalue weighted by Crippen LogP contribution is -2.11. The molecule has 14 heavy (non-hydrogen) atoms. The SMILES string of the molecule is Cc1cc2[nH]c(=O)cc(C3CC3)n2n1. The summed E-state index contributed by atoms with van der Waals surface area (Å²) >= 11 is 0. The van der Waals surface area contributed by atoms with E-state index in [1.54, 1.807) is 6.07 Å². The van der Waals surface area contributed by atoms with Gasteiger partial charge in [-0.05, 0) is 19.8 Å². The molecule has 0 unspecified atom stereocenters. The number of H-pyrrole nitrogens is 1. The lowest BCUT2D eigenvalue weighted by molar-refractivity contribution is 0.824. The summed E-state index contributed by atoms with van der Waals surface area (Å²) in [6, 6.07) is 3.56. The molecule has 2 aromatic rings. The van der Waals surface area contributed by atoms with Gasteiger partial charge >= 0.3 is 0 Å². The van der Waals surface area contributed by atoms with Crippen LogP contribution in [0.5, 0.6) is 0 Å². The van der Waals surface area contributed by atoms with Crippen LogP contribution in [0.4, 0.5) is 0 Å². The van der Waals surface area contributed by atoms with Crippen molar-refractivity contribution in [2.75, 3.05) is 0 Å². The summed E-state index contributed by atoms with van der Waals surface area (Å²) in [4.78, 5) is 14.1. The fourth-order valence-corrected chi connectivity index (χ4v) is 1.81. The van der Waals surface area contributed by atoms with Crippen LogP contribution in [-0.2, 0) is 0 Å². The van der Waals surface area contributed by atoms with Crippen LogP contribution < -0.4 is 5.56 Å². The molecule has 2 heterocycles. The number of aromatic amines is 1. The van der Waals surface area contributed by atoms with Crippen LogP contribution in [0.1, 0.15) is 30.1 Å². The maximum atomic E-state index is 11.3. The predicted octanol–water partition coefficient (Wildman–Crippen LogP) is 1.21. The van der Waals surface area contributed by atoms with Gasteiger partial charge in [-0.15, -0.1) is 0 Å². The van der Waals surface area contributed by atoms with Crippen molar-refractivity contribution in [3.05, 3.63) is 33.9 Å². The first kappa shape index (κ1) is 7.79. The number of hydrogen-bond acceptors (Lipinski definition) is 2. The van der Waals surface area contributed by atoms with Gasteiger partial charge in [-0.2, -0.15) is 5.10 Å². The zero-order chi connectivity index (χ0) is 9.71. The van der Waals surface area contributed by atoms with Crippen LogP contribution in [0.15, 0.2) is 16.9 Å². The van der Waals surface area contributed by atoms with Crippen molar-refractivity contribution in [1.29, 1.82) is 0 Å². The molecule has 3 rings (SSSR count). The van der Waals surface area contributed by atoms with Gasteiger partial charge in [0, 0.05) is 18.1 Å². The molecular weight excluding hydrogens is 178 g/mol. The molecule has 0 aliphatic heterocycles. The predicted molar refractivity (Wildman–Crippen MR) is 52.5 cm³/mol. The first-order valence-corrected chi connectivity index (χ1v) is 4.83. The van der Waals surface area contributed by atoms with E-state index in [4.69, 9.17) is 0 Å². The summed E-state index contributed by atoms with van der Waals surface area (Å²) in [5, 5.41) is 4.36. The highest BCUT2D eigenvalue weighted by Gasteiger charge is 2.27. The third-order valence-corrected chi connectivity index (χ3v) is 2.60. The molecule has 0 radical (unpaired) electrons. The number of nitrogens with one attached hydrogen (secondary N) is 1. The molecule has 1 saturated carbocycles. The van der Waals surface area contributed by atoms with E-state index < -0.39 is 0 Å². The minimum absolute atomic E-state index is 0.0284. The highest BCUT2D eigenvalue weighted by molar-refractivity contribution is 5.40. The molecule has 1 aliphatic carbocycles. The highest BCUT2D eigenvalue weighted by Crippen LogP contribution is 2.39. The number of aryl methyl sites for hydroxylation is 1. The molecule has 0 aromatic carbocycles. The number of nitrogens with zero attached hydrogens (tertiary/aromatic N) is 2. The topological polar surface area (TPSA) is 50.2 Å². The van der Waals surface area contributed by atoms with Gasteiger partial charge in [-0.1, -0.05) is 0 Å². The zero-order valence-corrected chi connectivity index (χ0v) is 7.95. The molecule has 0 amide bonds. The van der Waals surface area contributed by atoms with Crippen molar-refractivity contribution in [2.24, 2.45) is 0 Å². The molecule has 1 aliphatic rings. The van der Waals surface area contributed by atoms with E-state index in [0.29, 0.717) is 5.92 Å². The molecule has 1 N–H and O–H groups in total. The summed E-state index contributed by atoms with van der Waals surface area (Å²) in [7, 11) is 0. The van der Waals surface area contributed by atoms with Gasteiger partial charge in [0.2, 0.25) is 0 Å². The van der Waals surface area contributed by atoms with Gasteiger partial charge in [-0.25, -0.2) is 4.52 Å². The van der Waals surface area contributed by atoms with E-state index in [0.717, 1.165) is 17.0 Å².